The molecule has 1 N–H and O–H groups in total. The lowest BCUT2D eigenvalue weighted by molar-refractivity contribution is -0.384. The van der Waals surface area contributed by atoms with Gasteiger partial charge in [-0.3, -0.25) is 10.1 Å². The summed E-state index contributed by atoms with van der Waals surface area (Å²) in [5.41, 5.74) is 2.49. The van der Waals surface area contributed by atoms with Gasteiger partial charge in [0.2, 0.25) is 0 Å². The fourth-order valence-corrected chi connectivity index (χ4v) is 2.50. The van der Waals surface area contributed by atoms with Gasteiger partial charge in [0.15, 0.2) is 0 Å². The maximum Gasteiger partial charge on any atom is 0.293 e. The Morgan fingerprint density at radius 2 is 1.76 bits per heavy atom. The van der Waals surface area contributed by atoms with Gasteiger partial charge >= 0.3 is 0 Å². The average Bonchev–Trinajstić information content (AvgIpc) is 2.40. The number of hydrogen-bond acceptors (Lipinski definition) is 3. The topological polar surface area (TPSA) is 55.2 Å². The molecule has 0 aromatic heterocycles. The molecule has 0 saturated carbocycles. The van der Waals surface area contributed by atoms with Gasteiger partial charge in [-0.15, -0.1) is 0 Å². The van der Waals surface area contributed by atoms with Crippen LogP contribution in [0.3, 0.4) is 0 Å². The summed E-state index contributed by atoms with van der Waals surface area (Å²) in [7, 11) is 0. The minimum atomic E-state index is -0.382. The van der Waals surface area contributed by atoms with E-state index < -0.39 is 0 Å². The quantitative estimate of drug-likeness (QED) is 0.596. The lowest BCUT2D eigenvalue weighted by Gasteiger charge is -2.23. The van der Waals surface area contributed by atoms with Gasteiger partial charge in [-0.2, -0.15) is 0 Å². The Kier molecular flexibility index (Phi) is 4.32. The van der Waals surface area contributed by atoms with Crippen molar-refractivity contribution in [2.75, 3.05) is 5.32 Å². The zero-order valence-electron chi connectivity index (χ0n) is 12.2. The van der Waals surface area contributed by atoms with Gasteiger partial charge in [0.1, 0.15) is 5.69 Å². The highest BCUT2D eigenvalue weighted by Crippen LogP contribution is 2.35. The van der Waals surface area contributed by atoms with E-state index in [9.17, 15) is 10.1 Å². The number of para-hydroxylation sites is 1. The Morgan fingerprint density at radius 3 is 2.38 bits per heavy atom. The molecule has 110 valence electrons. The molecule has 0 aliphatic carbocycles. The van der Waals surface area contributed by atoms with Crippen LogP contribution >= 0.6 is 15.9 Å². The molecular formula is C16H17BrN2O2. The first-order valence-corrected chi connectivity index (χ1v) is 7.39. The van der Waals surface area contributed by atoms with E-state index in [1.54, 1.807) is 12.1 Å². The summed E-state index contributed by atoms with van der Waals surface area (Å²) in [6.45, 7) is 6.34. The predicted molar refractivity (Wildman–Crippen MR) is 89.2 cm³/mol. The molecule has 2 rings (SSSR count). The van der Waals surface area contributed by atoms with E-state index in [0.29, 0.717) is 10.2 Å². The van der Waals surface area contributed by atoms with E-state index in [1.165, 1.54) is 6.07 Å². The standard InChI is InChI=1S/C16H17BrN2O2/c1-16(2,3)12-6-4-5-7-13(12)18-14-9-8-11(17)10-15(14)19(20)21/h4-10,18H,1-3H3. The van der Waals surface area contributed by atoms with Gasteiger partial charge in [-0.1, -0.05) is 54.9 Å². The second kappa shape index (κ2) is 5.85. The van der Waals surface area contributed by atoms with Gasteiger partial charge in [0.05, 0.1) is 4.92 Å². The lowest BCUT2D eigenvalue weighted by Crippen LogP contribution is -2.13. The van der Waals surface area contributed by atoms with Crippen LogP contribution in [0.15, 0.2) is 46.9 Å². The highest BCUT2D eigenvalue weighted by Gasteiger charge is 2.20. The van der Waals surface area contributed by atoms with Gasteiger partial charge in [0.25, 0.3) is 5.69 Å². The molecule has 0 spiro atoms. The lowest BCUT2D eigenvalue weighted by atomic mass is 9.86. The fraction of sp³-hybridized carbons (Fsp3) is 0.250. The number of anilines is 2. The van der Waals surface area contributed by atoms with Crippen molar-refractivity contribution >= 4 is 33.0 Å². The van der Waals surface area contributed by atoms with Crippen molar-refractivity contribution in [3.63, 3.8) is 0 Å². The maximum atomic E-state index is 11.2. The third-order valence-electron chi connectivity index (χ3n) is 3.16. The molecule has 21 heavy (non-hydrogen) atoms. The van der Waals surface area contributed by atoms with E-state index in [2.05, 4.69) is 42.0 Å². The summed E-state index contributed by atoms with van der Waals surface area (Å²) in [5, 5.41) is 14.4. The van der Waals surface area contributed by atoms with Crippen molar-refractivity contribution in [1.29, 1.82) is 0 Å². The summed E-state index contributed by atoms with van der Waals surface area (Å²) in [6.07, 6.45) is 0. The summed E-state index contributed by atoms with van der Waals surface area (Å²) >= 11 is 3.26. The van der Waals surface area contributed by atoms with Crippen LogP contribution in [0, 0.1) is 10.1 Å². The normalized spacial score (nSPS) is 11.2. The molecule has 0 heterocycles. The van der Waals surface area contributed by atoms with Crippen molar-refractivity contribution in [2.45, 2.75) is 26.2 Å². The number of nitro benzene ring substituents is 1. The molecule has 2 aromatic rings. The van der Waals surface area contributed by atoms with Gasteiger partial charge < -0.3 is 5.32 Å². The minimum Gasteiger partial charge on any atom is -0.350 e. The highest BCUT2D eigenvalue weighted by molar-refractivity contribution is 9.10. The van der Waals surface area contributed by atoms with Crippen LogP contribution < -0.4 is 5.32 Å². The van der Waals surface area contributed by atoms with Crippen molar-refractivity contribution in [3.8, 4) is 0 Å². The number of halogens is 1. The molecular weight excluding hydrogens is 332 g/mol. The Morgan fingerprint density at radius 1 is 1.10 bits per heavy atom. The second-order valence-corrected chi connectivity index (χ2v) is 6.75. The molecule has 0 atom stereocenters. The second-order valence-electron chi connectivity index (χ2n) is 5.84. The Hall–Kier alpha value is -1.88. The molecule has 0 bridgehead atoms. The molecule has 0 fully saturated rings. The number of nitro groups is 1. The molecule has 0 radical (unpaired) electrons. The van der Waals surface area contributed by atoms with Crippen molar-refractivity contribution < 1.29 is 4.92 Å². The number of hydrogen-bond donors (Lipinski definition) is 1. The summed E-state index contributed by atoms with van der Waals surface area (Å²) in [4.78, 5) is 10.8. The number of rotatable bonds is 3. The largest absolute Gasteiger partial charge is 0.350 e. The summed E-state index contributed by atoms with van der Waals surface area (Å²) < 4.78 is 0.684. The fourth-order valence-electron chi connectivity index (χ4n) is 2.15. The molecule has 0 aliphatic rings. The number of nitrogens with one attached hydrogen (secondary N) is 1. The predicted octanol–water partition coefficient (Wildman–Crippen LogP) is 5.40. The maximum absolute atomic E-state index is 11.2. The molecule has 5 heteroatoms. The van der Waals surface area contributed by atoms with E-state index in [-0.39, 0.29) is 16.0 Å². The monoisotopic (exact) mass is 348 g/mol. The molecule has 2 aromatic carbocycles. The van der Waals surface area contributed by atoms with Crippen LogP contribution in [0.5, 0.6) is 0 Å². The number of benzene rings is 2. The van der Waals surface area contributed by atoms with Crippen LogP contribution in [0.4, 0.5) is 17.1 Å². The minimum absolute atomic E-state index is 0.0479. The van der Waals surface area contributed by atoms with Gasteiger partial charge in [0, 0.05) is 16.2 Å². The third kappa shape index (κ3) is 3.61. The summed E-state index contributed by atoms with van der Waals surface area (Å²) in [6, 6.07) is 12.9. The number of nitrogens with zero attached hydrogens (tertiary/aromatic N) is 1. The van der Waals surface area contributed by atoms with Crippen molar-refractivity contribution in [1.82, 2.24) is 0 Å². The highest BCUT2D eigenvalue weighted by atomic mass is 79.9. The van der Waals surface area contributed by atoms with Crippen LogP contribution in [0.2, 0.25) is 0 Å². The molecule has 0 amide bonds. The molecule has 4 nitrogen and oxygen atoms in total. The van der Waals surface area contributed by atoms with E-state index >= 15 is 0 Å². The van der Waals surface area contributed by atoms with Gasteiger partial charge in [-0.05, 0) is 29.2 Å². The van der Waals surface area contributed by atoms with Crippen LogP contribution in [-0.2, 0) is 5.41 Å². The smallest absolute Gasteiger partial charge is 0.293 e. The first-order valence-electron chi connectivity index (χ1n) is 6.59. The first-order chi connectivity index (χ1) is 9.79. The van der Waals surface area contributed by atoms with E-state index in [4.69, 9.17) is 0 Å². The first kappa shape index (κ1) is 15.5. The Balaban J connectivity index is 2.47. The average molecular weight is 349 g/mol. The SMILES string of the molecule is CC(C)(C)c1ccccc1Nc1ccc(Br)cc1[N+](=O)[O-]. The Labute approximate surface area is 132 Å². The zero-order valence-corrected chi connectivity index (χ0v) is 13.8. The van der Waals surface area contributed by atoms with Gasteiger partial charge in [-0.25, -0.2) is 0 Å². The molecule has 0 aliphatic heterocycles. The Bertz CT molecular complexity index is 678. The van der Waals surface area contributed by atoms with Crippen molar-refractivity contribution in [3.05, 3.63) is 62.6 Å². The van der Waals surface area contributed by atoms with Crippen LogP contribution in [0.1, 0.15) is 26.3 Å². The van der Waals surface area contributed by atoms with Crippen molar-refractivity contribution in [2.24, 2.45) is 0 Å². The van der Waals surface area contributed by atoms with Crippen LogP contribution in [0.25, 0.3) is 0 Å². The summed E-state index contributed by atoms with van der Waals surface area (Å²) in [5.74, 6) is 0. The van der Waals surface area contributed by atoms with Crippen LogP contribution in [-0.4, -0.2) is 4.92 Å². The van der Waals surface area contributed by atoms with E-state index in [1.807, 2.05) is 24.3 Å². The third-order valence-corrected chi connectivity index (χ3v) is 3.65. The molecule has 0 unspecified atom stereocenters. The zero-order chi connectivity index (χ0) is 15.6. The molecule has 0 saturated heterocycles. The van der Waals surface area contributed by atoms with E-state index in [0.717, 1.165) is 11.3 Å².